The third-order valence-corrected chi connectivity index (χ3v) is 2.77. The van der Waals surface area contributed by atoms with Crippen molar-refractivity contribution >= 4 is 0 Å². The molecule has 1 aromatic rings. The molecule has 0 bridgehead atoms. The summed E-state index contributed by atoms with van der Waals surface area (Å²) in [7, 11) is 1.75. The van der Waals surface area contributed by atoms with Gasteiger partial charge in [-0.25, -0.2) is 4.98 Å². The van der Waals surface area contributed by atoms with Crippen molar-refractivity contribution in [1.29, 1.82) is 0 Å². The van der Waals surface area contributed by atoms with Crippen LogP contribution in [-0.4, -0.2) is 35.9 Å². The quantitative estimate of drug-likeness (QED) is 0.729. The molecule has 92 valence electrons. The molecule has 0 aliphatic heterocycles. The molecule has 0 amide bonds. The van der Waals surface area contributed by atoms with Crippen LogP contribution in [0.1, 0.15) is 20.3 Å². The molecule has 1 atom stereocenters. The van der Waals surface area contributed by atoms with Crippen molar-refractivity contribution < 1.29 is 4.74 Å². The van der Waals surface area contributed by atoms with E-state index in [-0.39, 0.29) is 0 Å². The van der Waals surface area contributed by atoms with Crippen LogP contribution in [0.5, 0.6) is 0 Å². The van der Waals surface area contributed by atoms with Crippen molar-refractivity contribution in [3.63, 3.8) is 0 Å². The van der Waals surface area contributed by atoms with Gasteiger partial charge >= 0.3 is 0 Å². The number of rotatable bonds is 8. The molecule has 0 radical (unpaired) electrons. The molecular formula is C12H23N3O. The maximum atomic E-state index is 5.12. The monoisotopic (exact) mass is 225 g/mol. The molecule has 0 aromatic carbocycles. The summed E-state index contributed by atoms with van der Waals surface area (Å²) in [5.74, 6) is 0.637. The lowest BCUT2D eigenvalue weighted by Crippen LogP contribution is -2.36. The van der Waals surface area contributed by atoms with E-state index in [1.807, 2.05) is 18.7 Å². The Morgan fingerprint density at radius 2 is 2.25 bits per heavy atom. The van der Waals surface area contributed by atoms with E-state index in [1.165, 1.54) is 0 Å². The minimum atomic E-state index is 0.531. The molecule has 1 aromatic heterocycles. The fourth-order valence-electron chi connectivity index (χ4n) is 1.71. The van der Waals surface area contributed by atoms with E-state index in [1.54, 1.807) is 7.11 Å². The van der Waals surface area contributed by atoms with Gasteiger partial charge in [0.15, 0.2) is 0 Å². The zero-order chi connectivity index (χ0) is 11.8. The highest BCUT2D eigenvalue weighted by atomic mass is 16.5. The van der Waals surface area contributed by atoms with Gasteiger partial charge in [0.25, 0.3) is 0 Å². The van der Waals surface area contributed by atoms with Crippen LogP contribution in [0.2, 0.25) is 0 Å². The molecule has 16 heavy (non-hydrogen) atoms. The molecule has 0 saturated carbocycles. The third kappa shape index (κ3) is 4.77. The Bertz CT molecular complexity index is 259. The standard InChI is InChI=1S/C12H23N3O/c1-11(2)12(4-9-16-3)14-6-8-15-7-5-13-10-15/h5,7,10-12,14H,4,6,8-9H2,1-3H3. The van der Waals surface area contributed by atoms with E-state index in [4.69, 9.17) is 4.74 Å². The van der Waals surface area contributed by atoms with Crippen molar-refractivity contribution in [3.05, 3.63) is 18.7 Å². The second kappa shape index (κ2) is 7.41. The average Bonchev–Trinajstić information content (AvgIpc) is 2.75. The first-order valence-corrected chi connectivity index (χ1v) is 5.92. The predicted molar refractivity (Wildman–Crippen MR) is 65.3 cm³/mol. The summed E-state index contributed by atoms with van der Waals surface area (Å²) < 4.78 is 7.20. The topological polar surface area (TPSA) is 39.1 Å². The van der Waals surface area contributed by atoms with E-state index < -0.39 is 0 Å². The van der Waals surface area contributed by atoms with Gasteiger partial charge in [-0.05, 0) is 12.3 Å². The third-order valence-electron chi connectivity index (χ3n) is 2.77. The molecule has 0 spiro atoms. The Balaban J connectivity index is 2.21. The Morgan fingerprint density at radius 3 is 2.81 bits per heavy atom. The Labute approximate surface area is 98.0 Å². The normalized spacial score (nSPS) is 13.2. The molecule has 1 rings (SSSR count). The molecule has 0 saturated heterocycles. The summed E-state index contributed by atoms with van der Waals surface area (Å²) in [6.45, 7) is 7.25. The van der Waals surface area contributed by atoms with E-state index in [0.29, 0.717) is 12.0 Å². The van der Waals surface area contributed by atoms with Crippen molar-refractivity contribution in [2.45, 2.75) is 32.9 Å². The first kappa shape index (κ1) is 13.2. The average molecular weight is 225 g/mol. The highest BCUT2D eigenvalue weighted by molar-refractivity contribution is 4.75. The summed E-state index contributed by atoms with van der Waals surface area (Å²) in [5, 5.41) is 3.56. The number of nitrogens with one attached hydrogen (secondary N) is 1. The number of hydrogen-bond acceptors (Lipinski definition) is 3. The van der Waals surface area contributed by atoms with Gasteiger partial charge in [-0.1, -0.05) is 13.8 Å². The van der Waals surface area contributed by atoms with Crippen LogP contribution in [0.4, 0.5) is 0 Å². The smallest absolute Gasteiger partial charge is 0.0946 e. The van der Waals surface area contributed by atoms with E-state index in [0.717, 1.165) is 26.1 Å². The van der Waals surface area contributed by atoms with Gasteiger partial charge in [-0.3, -0.25) is 0 Å². The van der Waals surface area contributed by atoms with Crippen LogP contribution < -0.4 is 5.32 Å². The lowest BCUT2D eigenvalue weighted by Gasteiger charge is -2.22. The SMILES string of the molecule is COCCC(NCCn1ccnc1)C(C)C. The van der Waals surface area contributed by atoms with Crippen molar-refractivity contribution in [2.75, 3.05) is 20.3 Å². The van der Waals surface area contributed by atoms with Crippen molar-refractivity contribution in [3.8, 4) is 0 Å². The fraction of sp³-hybridized carbons (Fsp3) is 0.750. The van der Waals surface area contributed by atoms with Crippen LogP contribution in [0.15, 0.2) is 18.7 Å². The van der Waals surface area contributed by atoms with E-state index >= 15 is 0 Å². The molecule has 4 heteroatoms. The Morgan fingerprint density at radius 1 is 1.44 bits per heavy atom. The van der Waals surface area contributed by atoms with Gasteiger partial charge in [-0.15, -0.1) is 0 Å². The number of nitrogens with zero attached hydrogens (tertiary/aromatic N) is 2. The maximum absolute atomic E-state index is 5.12. The summed E-state index contributed by atoms with van der Waals surface area (Å²) >= 11 is 0. The minimum absolute atomic E-state index is 0.531. The second-order valence-corrected chi connectivity index (χ2v) is 4.39. The van der Waals surface area contributed by atoms with Crippen molar-refractivity contribution in [1.82, 2.24) is 14.9 Å². The lowest BCUT2D eigenvalue weighted by molar-refractivity contribution is 0.173. The predicted octanol–water partition coefficient (Wildman–Crippen LogP) is 1.53. The highest BCUT2D eigenvalue weighted by Crippen LogP contribution is 2.05. The first-order chi connectivity index (χ1) is 7.74. The van der Waals surface area contributed by atoms with Crippen LogP contribution >= 0.6 is 0 Å². The molecule has 1 heterocycles. The maximum Gasteiger partial charge on any atom is 0.0946 e. The molecule has 4 nitrogen and oxygen atoms in total. The second-order valence-electron chi connectivity index (χ2n) is 4.39. The minimum Gasteiger partial charge on any atom is -0.385 e. The van der Waals surface area contributed by atoms with Crippen LogP contribution in [-0.2, 0) is 11.3 Å². The van der Waals surface area contributed by atoms with Crippen LogP contribution in [0.3, 0.4) is 0 Å². The highest BCUT2D eigenvalue weighted by Gasteiger charge is 2.11. The van der Waals surface area contributed by atoms with E-state index in [2.05, 4.69) is 28.7 Å². The van der Waals surface area contributed by atoms with Gasteiger partial charge in [0, 0.05) is 45.2 Å². The number of aromatic nitrogens is 2. The molecule has 0 aliphatic rings. The molecule has 1 unspecified atom stereocenters. The van der Waals surface area contributed by atoms with Gasteiger partial charge in [0.2, 0.25) is 0 Å². The lowest BCUT2D eigenvalue weighted by atomic mass is 10.0. The van der Waals surface area contributed by atoms with Gasteiger partial charge < -0.3 is 14.6 Å². The summed E-state index contributed by atoms with van der Waals surface area (Å²) in [6, 6.07) is 0.531. The zero-order valence-electron chi connectivity index (χ0n) is 10.5. The Hall–Kier alpha value is -0.870. The molecule has 0 fully saturated rings. The summed E-state index contributed by atoms with van der Waals surface area (Å²) in [5.41, 5.74) is 0. The largest absolute Gasteiger partial charge is 0.385 e. The molecule has 0 aliphatic carbocycles. The van der Waals surface area contributed by atoms with Gasteiger partial charge in [-0.2, -0.15) is 0 Å². The number of ether oxygens (including phenoxy) is 1. The summed E-state index contributed by atoms with van der Waals surface area (Å²) in [4.78, 5) is 4.02. The zero-order valence-corrected chi connectivity index (χ0v) is 10.5. The van der Waals surface area contributed by atoms with Gasteiger partial charge in [0.05, 0.1) is 6.33 Å². The first-order valence-electron chi connectivity index (χ1n) is 5.92. The van der Waals surface area contributed by atoms with Crippen LogP contribution in [0, 0.1) is 5.92 Å². The van der Waals surface area contributed by atoms with Gasteiger partial charge in [0.1, 0.15) is 0 Å². The van der Waals surface area contributed by atoms with E-state index in [9.17, 15) is 0 Å². The van der Waals surface area contributed by atoms with Crippen LogP contribution in [0.25, 0.3) is 0 Å². The fourth-order valence-corrected chi connectivity index (χ4v) is 1.71. The number of hydrogen-bond donors (Lipinski definition) is 1. The van der Waals surface area contributed by atoms with Crippen molar-refractivity contribution in [2.24, 2.45) is 5.92 Å². The number of methoxy groups -OCH3 is 1. The molecular weight excluding hydrogens is 202 g/mol. The molecule has 1 N–H and O–H groups in total. The summed E-state index contributed by atoms with van der Waals surface area (Å²) in [6.07, 6.45) is 6.71. The number of imidazole rings is 1. The Kier molecular flexibility index (Phi) is 6.11.